The van der Waals surface area contributed by atoms with Gasteiger partial charge in [0.2, 0.25) is 0 Å². The molecule has 0 saturated carbocycles. The van der Waals surface area contributed by atoms with Gasteiger partial charge in [-0.05, 0) is 6.92 Å². The Morgan fingerprint density at radius 3 is 2.47 bits per heavy atom. The Hall–Kier alpha value is 0.800. The number of rotatable bonds is 1. The Balaban J connectivity index is 0.00000112. The maximum absolute atomic E-state index is 11.5. The quantitative estimate of drug-likeness (QED) is 0.396. The van der Waals surface area contributed by atoms with Gasteiger partial charge in [0.15, 0.2) is 0 Å². The van der Waals surface area contributed by atoms with Crippen molar-refractivity contribution in [3.8, 4) is 0 Å². The standard InChI is InChI=1S/C10H20NO2S.HI/c1-8-13-10(7-14(8)12)9-5-4-6-11(9,2)3;/h8-10H,4-7H2,1-3H3;1H/q+1;/p-1/t8-,9-,10+,14-;/m0./s1. The summed E-state index contributed by atoms with van der Waals surface area (Å²) in [6.45, 7) is 3.15. The summed E-state index contributed by atoms with van der Waals surface area (Å²) in [6.07, 6.45) is 2.73. The van der Waals surface area contributed by atoms with Crippen molar-refractivity contribution in [1.29, 1.82) is 0 Å². The van der Waals surface area contributed by atoms with Crippen LogP contribution in [0.3, 0.4) is 0 Å². The van der Waals surface area contributed by atoms with Gasteiger partial charge in [-0.25, -0.2) is 0 Å². The zero-order chi connectivity index (χ0) is 10.3. The van der Waals surface area contributed by atoms with E-state index in [1.54, 1.807) is 0 Å². The molecule has 5 heteroatoms. The normalized spacial score (nSPS) is 43.9. The Kier molecular flexibility index (Phi) is 4.60. The summed E-state index contributed by atoms with van der Waals surface area (Å²) < 4.78 is 18.3. The first-order valence-corrected chi connectivity index (χ1v) is 6.74. The maximum atomic E-state index is 11.5. The monoisotopic (exact) mass is 345 g/mol. The summed E-state index contributed by atoms with van der Waals surface area (Å²) in [5.74, 6) is 0.744. The molecule has 4 atom stereocenters. The predicted octanol–water partition coefficient (Wildman–Crippen LogP) is -2.28. The van der Waals surface area contributed by atoms with E-state index < -0.39 is 10.8 Å². The first-order valence-electron chi connectivity index (χ1n) is 5.36. The van der Waals surface area contributed by atoms with Gasteiger partial charge >= 0.3 is 0 Å². The lowest BCUT2D eigenvalue weighted by Gasteiger charge is -2.34. The molecule has 2 aliphatic heterocycles. The van der Waals surface area contributed by atoms with Crippen LogP contribution in [-0.4, -0.2) is 52.7 Å². The molecule has 2 saturated heterocycles. The molecule has 90 valence electrons. The zero-order valence-corrected chi connectivity index (χ0v) is 12.6. The Morgan fingerprint density at radius 2 is 2.07 bits per heavy atom. The third kappa shape index (κ3) is 2.73. The molecule has 3 nitrogen and oxygen atoms in total. The topological polar surface area (TPSA) is 26.3 Å². The molecule has 0 bridgehead atoms. The molecule has 0 spiro atoms. The van der Waals surface area contributed by atoms with Gasteiger partial charge < -0.3 is 33.2 Å². The van der Waals surface area contributed by atoms with Crippen LogP contribution in [-0.2, 0) is 15.5 Å². The van der Waals surface area contributed by atoms with Crippen molar-refractivity contribution in [3.05, 3.63) is 0 Å². The average Bonchev–Trinajstić information content (AvgIpc) is 2.56. The highest BCUT2D eigenvalue weighted by atomic mass is 127. The van der Waals surface area contributed by atoms with E-state index in [2.05, 4.69) is 14.1 Å². The van der Waals surface area contributed by atoms with E-state index in [1.807, 2.05) is 6.92 Å². The zero-order valence-electron chi connectivity index (χ0n) is 9.61. The molecule has 0 radical (unpaired) electrons. The number of likely N-dealkylation sites (tertiary alicyclic amines) is 1. The third-order valence-corrected chi connectivity index (χ3v) is 5.14. The summed E-state index contributed by atoms with van der Waals surface area (Å²) in [4.78, 5) is 0. The number of halogens is 1. The van der Waals surface area contributed by atoms with Gasteiger partial charge in [-0.15, -0.1) is 0 Å². The largest absolute Gasteiger partial charge is 1.00 e. The molecule has 0 amide bonds. The predicted molar refractivity (Wildman–Crippen MR) is 57.3 cm³/mol. The summed E-state index contributed by atoms with van der Waals surface area (Å²) >= 11 is 0. The second-order valence-corrected chi connectivity index (χ2v) is 6.76. The van der Waals surface area contributed by atoms with Gasteiger partial charge in [0.1, 0.15) is 17.6 Å². The molecule has 0 aromatic heterocycles. The van der Waals surface area contributed by atoms with E-state index in [0.717, 1.165) is 10.2 Å². The van der Waals surface area contributed by atoms with Gasteiger partial charge in [0.25, 0.3) is 0 Å². The van der Waals surface area contributed by atoms with Crippen molar-refractivity contribution in [2.24, 2.45) is 0 Å². The first-order chi connectivity index (χ1) is 6.50. The van der Waals surface area contributed by atoms with E-state index in [-0.39, 0.29) is 35.5 Å². The Bertz CT molecular complexity index is 260. The highest BCUT2D eigenvalue weighted by Crippen LogP contribution is 2.30. The van der Waals surface area contributed by atoms with E-state index in [1.165, 1.54) is 19.4 Å². The lowest BCUT2D eigenvalue weighted by molar-refractivity contribution is -0.905. The lowest BCUT2D eigenvalue weighted by atomic mass is 10.1. The minimum Gasteiger partial charge on any atom is -1.00 e. The summed E-state index contributed by atoms with van der Waals surface area (Å²) in [7, 11) is 3.75. The van der Waals surface area contributed by atoms with Gasteiger partial charge in [-0.3, -0.25) is 4.21 Å². The fourth-order valence-electron chi connectivity index (χ4n) is 2.71. The Labute approximate surface area is 112 Å². The van der Waals surface area contributed by atoms with Crippen molar-refractivity contribution in [2.75, 3.05) is 26.4 Å². The van der Waals surface area contributed by atoms with Crippen LogP contribution >= 0.6 is 0 Å². The molecule has 2 rings (SSSR count). The lowest BCUT2D eigenvalue weighted by Crippen LogP contribution is -3.00. The molecular weight excluding hydrogens is 325 g/mol. The highest BCUT2D eigenvalue weighted by molar-refractivity contribution is 7.85. The van der Waals surface area contributed by atoms with Crippen LogP contribution in [0.2, 0.25) is 0 Å². The van der Waals surface area contributed by atoms with Crippen molar-refractivity contribution in [3.63, 3.8) is 0 Å². The fraction of sp³-hybridized carbons (Fsp3) is 1.00. The second kappa shape index (κ2) is 4.98. The van der Waals surface area contributed by atoms with Gasteiger partial charge in [-0.2, -0.15) is 0 Å². The number of ether oxygens (including phenoxy) is 1. The van der Waals surface area contributed by atoms with Crippen molar-refractivity contribution < 1.29 is 37.4 Å². The summed E-state index contributed by atoms with van der Waals surface area (Å²) in [5.41, 5.74) is -0.0550. The first kappa shape index (κ1) is 13.9. The van der Waals surface area contributed by atoms with Crippen LogP contribution in [0.1, 0.15) is 19.8 Å². The van der Waals surface area contributed by atoms with Crippen molar-refractivity contribution >= 4 is 10.8 Å². The average molecular weight is 345 g/mol. The molecular formula is C10H20INO2S. The molecule has 0 aliphatic carbocycles. The van der Waals surface area contributed by atoms with Crippen LogP contribution in [0.25, 0.3) is 0 Å². The maximum Gasteiger partial charge on any atom is 0.130 e. The van der Waals surface area contributed by atoms with Gasteiger partial charge in [0.05, 0.1) is 37.2 Å². The van der Waals surface area contributed by atoms with Crippen molar-refractivity contribution in [1.82, 2.24) is 0 Å². The van der Waals surface area contributed by atoms with Gasteiger partial charge in [-0.1, -0.05) is 0 Å². The number of hydrogen-bond acceptors (Lipinski definition) is 2. The number of quaternary nitrogens is 1. The molecule has 0 aromatic carbocycles. The van der Waals surface area contributed by atoms with Crippen LogP contribution in [0.5, 0.6) is 0 Å². The minimum atomic E-state index is -0.759. The van der Waals surface area contributed by atoms with Crippen LogP contribution in [0.15, 0.2) is 0 Å². The van der Waals surface area contributed by atoms with E-state index in [4.69, 9.17) is 4.74 Å². The van der Waals surface area contributed by atoms with E-state index in [9.17, 15) is 4.21 Å². The van der Waals surface area contributed by atoms with E-state index in [0.29, 0.717) is 6.04 Å². The Morgan fingerprint density at radius 1 is 1.40 bits per heavy atom. The van der Waals surface area contributed by atoms with Crippen LogP contribution in [0.4, 0.5) is 0 Å². The molecule has 0 N–H and O–H groups in total. The second-order valence-electron chi connectivity index (χ2n) is 5.00. The number of likely N-dealkylation sites (N-methyl/N-ethyl adjacent to an activating group) is 1. The minimum absolute atomic E-state index is 0. The number of nitrogens with zero attached hydrogens (tertiary/aromatic N) is 1. The van der Waals surface area contributed by atoms with Gasteiger partial charge in [0, 0.05) is 12.8 Å². The van der Waals surface area contributed by atoms with Crippen LogP contribution in [0, 0.1) is 0 Å². The third-order valence-electron chi connectivity index (χ3n) is 3.63. The molecule has 15 heavy (non-hydrogen) atoms. The molecule has 0 unspecified atom stereocenters. The number of hydrogen-bond donors (Lipinski definition) is 0. The summed E-state index contributed by atoms with van der Waals surface area (Å²) in [6, 6.07) is 0.559. The van der Waals surface area contributed by atoms with Crippen LogP contribution < -0.4 is 24.0 Å². The molecule has 2 fully saturated rings. The summed E-state index contributed by atoms with van der Waals surface area (Å²) in [5, 5.41) is 0. The SMILES string of the molecule is C[C@H]1O[C@@H]([C@@H]2CCC[N+]2(C)C)C[S@@]1=O.[I-]. The highest BCUT2D eigenvalue weighted by Gasteiger charge is 2.45. The smallest absolute Gasteiger partial charge is 0.130 e. The van der Waals surface area contributed by atoms with Crippen molar-refractivity contribution in [2.45, 2.75) is 37.3 Å². The fourth-order valence-corrected chi connectivity index (χ4v) is 3.87. The molecule has 2 aliphatic rings. The van der Waals surface area contributed by atoms with E-state index >= 15 is 0 Å². The molecule has 2 heterocycles. The molecule has 0 aromatic rings.